The van der Waals surface area contributed by atoms with E-state index >= 15 is 0 Å². The number of carbonyl (C=O) groups excluding carboxylic acids is 1. The van der Waals surface area contributed by atoms with Gasteiger partial charge in [-0.3, -0.25) is 4.90 Å². The molecule has 1 unspecified atom stereocenters. The third-order valence-electron chi connectivity index (χ3n) is 5.19. The normalized spacial score (nSPS) is 18.9. The Bertz CT molecular complexity index is 763. The Morgan fingerprint density at radius 1 is 1.00 bits per heavy atom. The molecule has 0 aromatic heterocycles. The maximum Gasteiger partial charge on any atom is 0.315 e. The van der Waals surface area contributed by atoms with Crippen LogP contribution in [0.5, 0.6) is 5.75 Å². The van der Waals surface area contributed by atoms with Crippen molar-refractivity contribution in [2.75, 3.05) is 32.8 Å². The van der Waals surface area contributed by atoms with Crippen molar-refractivity contribution in [1.82, 2.24) is 15.5 Å². The van der Waals surface area contributed by atoms with Crippen LogP contribution in [0, 0.1) is 0 Å². The van der Waals surface area contributed by atoms with Crippen molar-refractivity contribution >= 4 is 6.03 Å². The van der Waals surface area contributed by atoms with Crippen molar-refractivity contribution in [2.24, 2.45) is 0 Å². The summed E-state index contributed by atoms with van der Waals surface area (Å²) in [6, 6.07) is 16.3. The molecular formula is C22H27N3O3. The van der Waals surface area contributed by atoms with Crippen LogP contribution < -0.4 is 15.4 Å². The van der Waals surface area contributed by atoms with Crippen molar-refractivity contribution in [3.8, 4) is 5.75 Å². The summed E-state index contributed by atoms with van der Waals surface area (Å²) in [5.74, 6) is 0.923. The third-order valence-corrected chi connectivity index (χ3v) is 5.19. The molecule has 2 amide bonds. The van der Waals surface area contributed by atoms with E-state index in [2.05, 4.69) is 45.9 Å². The number of carbonyl (C=O) groups is 1. The predicted molar refractivity (Wildman–Crippen MR) is 107 cm³/mol. The second kappa shape index (κ2) is 9.08. The van der Waals surface area contributed by atoms with E-state index in [1.165, 1.54) is 11.1 Å². The van der Waals surface area contributed by atoms with Crippen LogP contribution in [0.15, 0.2) is 48.5 Å². The summed E-state index contributed by atoms with van der Waals surface area (Å²) in [7, 11) is 0. The van der Waals surface area contributed by atoms with Crippen LogP contribution >= 0.6 is 0 Å². The van der Waals surface area contributed by atoms with E-state index < -0.39 is 0 Å². The molecule has 0 aliphatic carbocycles. The van der Waals surface area contributed by atoms with Crippen LogP contribution in [0.4, 0.5) is 4.79 Å². The fourth-order valence-electron chi connectivity index (χ4n) is 3.60. The zero-order valence-electron chi connectivity index (χ0n) is 16.0. The Kier molecular flexibility index (Phi) is 6.09. The zero-order chi connectivity index (χ0) is 19.2. The summed E-state index contributed by atoms with van der Waals surface area (Å²) in [6.07, 6.45) is 0.837. The molecule has 0 spiro atoms. The van der Waals surface area contributed by atoms with Gasteiger partial charge in [-0.2, -0.15) is 0 Å². The highest BCUT2D eigenvalue weighted by Crippen LogP contribution is 2.27. The lowest BCUT2D eigenvalue weighted by atomic mass is 10.1. The first-order chi connectivity index (χ1) is 13.8. The number of ether oxygens (including phenoxy) is 2. The number of para-hydroxylation sites is 1. The van der Waals surface area contributed by atoms with Crippen molar-refractivity contribution in [3.05, 3.63) is 65.2 Å². The Morgan fingerprint density at radius 2 is 1.75 bits per heavy atom. The van der Waals surface area contributed by atoms with Gasteiger partial charge in [-0.25, -0.2) is 4.79 Å². The SMILES string of the molecule is O=C(NCc1ccc(CN2CCOCC2)cc1)NCC1Cc2ccccc2O1. The van der Waals surface area contributed by atoms with Crippen LogP contribution in [-0.4, -0.2) is 49.9 Å². The van der Waals surface area contributed by atoms with Crippen LogP contribution in [0.25, 0.3) is 0 Å². The van der Waals surface area contributed by atoms with E-state index in [0.29, 0.717) is 13.1 Å². The molecule has 1 saturated heterocycles. The number of hydrogen-bond donors (Lipinski definition) is 2. The molecule has 28 heavy (non-hydrogen) atoms. The molecule has 2 aliphatic heterocycles. The van der Waals surface area contributed by atoms with E-state index in [4.69, 9.17) is 9.47 Å². The van der Waals surface area contributed by atoms with E-state index in [-0.39, 0.29) is 12.1 Å². The molecule has 1 atom stereocenters. The predicted octanol–water partition coefficient (Wildman–Crippen LogP) is 2.32. The van der Waals surface area contributed by atoms with Crippen LogP contribution in [0.3, 0.4) is 0 Å². The van der Waals surface area contributed by atoms with E-state index in [1.54, 1.807) is 0 Å². The number of amides is 2. The third kappa shape index (κ3) is 5.03. The maximum atomic E-state index is 12.1. The minimum atomic E-state index is -0.169. The molecule has 148 valence electrons. The minimum Gasteiger partial charge on any atom is -0.488 e. The van der Waals surface area contributed by atoms with Crippen LogP contribution in [-0.2, 0) is 24.2 Å². The van der Waals surface area contributed by atoms with E-state index in [9.17, 15) is 4.79 Å². The zero-order valence-corrected chi connectivity index (χ0v) is 16.0. The molecular weight excluding hydrogens is 354 g/mol. The number of morpholine rings is 1. The summed E-state index contributed by atoms with van der Waals surface area (Å²) in [5.41, 5.74) is 3.57. The van der Waals surface area contributed by atoms with Gasteiger partial charge in [0.25, 0.3) is 0 Å². The maximum absolute atomic E-state index is 12.1. The molecule has 6 heteroatoms. The van der Waals surface area contributed by atoms with Crippen molar-refractivity contribution < 1.29 is 14.3 Å². The highest BCUT2D eigenvalue weighted by Gasteiger charge is 2.22. The molecule has 0 saturated carbocycles. The summed E-state index contributed by atoms with van der Waals surface area (Å²) in [6.45, 7) is 5.55. The molecule has 0 radical (unpaired) electrons. The van der Waals surface area contributed by atoms with E-state index in [1.807, 2.05) is 18.2 Å². The average Bonchev–Trinajstić information content (AvgIpc) is 3.15. The number of nitrogens with zero attached hydrogens (tertiary/aromatic N) is 1. The molecule has 6 nitrogen and oxygen atoms in total. The van der Waals surface area contributed by atoms with Gasteiger partial charge in [0.2, 0.25) is 0 Å². The Hall–Kier alpha value is -2.57. The summed E-state index contributed by atoms with van der Waals surface area (Å²) in [4.78, 5) is 14.5. The highest BCUT2D eigenvalue weighted by atomic mass is 16.5. The molecule has 0 bridgehead atoms. The molecule has 2 aromatic carbocycles. The summed E-state index contributed by atoms with van der Waals surface area (Å²) >= 11 is 0. The number of urea groups is 1. The van der Waals surface area contributed by atoms with Gasteiger partial charge in [0.15, 0.2) is 0 Å². The molecule has 4 rings (SSSR count). The fraction of sp³-hybridized carbons (Fsp3) is 0.409. The molecule has 2 N–H and O–H groups in total. The Balaban J connectivity index is 1.16. The summed E-state index contributed by atoms with van der Waals surface area (Å²) < 4.78 is 11.2. The second-order valence-corrected chi connectivity index (χ2v) is 7.32. The monoisotopic (exact) mass is 381 g/mol. The number of benzene rings is 2. The van der Waals surface area contributed by atoms with Crippen molar-refractivity contribution in [3.63, 3.8) is 0 Å². The standard InChI is InChI=1S/C22H27N3O3/c26-22(24-15-20-13-19-3-1-2-4-21(19)28-20)23-14-17-5-7-18(8-6-17)16-25-9-11-27-12-10-25/h1-8,20H,9-16H2,(H2,23,24,26). The molecule has 2 aromatic rings. The number of fused-ring (bicyclic) bond motifs is 1. The fourth-order valence-corrected chi connectivity index (χ4v) is 3.60. The summed E-state index contributed by atoms with van der Waals surface area (Å²) in [5, 5.41) is 5.81. The van der Waals surface area contributed by atoms with Crippen molar-refractivity contribution in [1.29, 1.82) is 0 Å². The minimum absolute atomic E-state index is 0.00243. The highest BCUT2D eigenvalue weighted by molar-refractivity contribution is 5.73. The van der Waals surface area contributed by atoms with Crippen molar-refractivity contribution in [2.45, 2.75) is 25.6 Å². The average molecular weight is 381 g/mol. The second-order valence-electron chi connectivity index (χ2n) is 7.32. The van der Waals surface area contributed by atoms with Gasteiger partial charge in [0, 0.05) is 32.6 Å². The quantitative estimate of drug-likeness (QED) is 0.806. The van der Waals surface area contributed by atoms with Crippen LogP contribution in [0.2, 0.25) is 0 Å². The van der Waals surface area contributed by atoms with Gasteiger partial charge < -0.3 is 20.1 Å². The van der Waals surface area contributed by atoms with Gasteiger partial charge in [-0.15, -0.1) is 0 Å². The van der Waals surface area contributed by atoms with Gasteiger partial charge in [-0.1, -0.05) is 42.5 Å². The van der Waals surface area contributed by atoms with Gasteiger partial charge in [0.1, 0.15) is 11.9 Å². The molecule has 1 fully saturated rings. The Labute approximate surface area is 165 Å². The largest absolute Gasteiger partial charge is 0.488 e. The van der Waals surface area contributed by atoms with Gasteiger partial charge in [0.05, 0.1) is 19.8 Å². The molecule has 2 heterocycles. The lowest BCUT2D eigenvalue weighted by Gasteiger charge is -2.26. The lowest BCUT2D eigenvalue weighted by Crippen LogP contribution is -2.40. The first-order valence-corrected chi connectivity index (χ1v) is 9.90. The Morgan fingerprint density at radius 3 is 2.54 bits per heavy atom. The smallest absolute Gasteiger partial charge is 0.315 e. The van der Waals surface area contributed by atoms with Gasteiger partial charge >= 0.3 is 6.03 Å². The lowest BCUT2D eigenvalue weighted by molar-refractivity contribution is 0.0342. The van der Waals surface area contributed by atoms with Crippen LogP contribution in [0.1, 0.15) is 16.7 Å². The first kappa shape index (κ1) is 18.8. The van der Waals surface area contributed by atoms with Gasteiger partial charge in [-0.05, 0) is 22.8 Å². The topological polar surface area (TPSA) is 62.8 Å². The number of rotatable bonds is 6. The number of nitrogens with one attached hydrogen (secondary N) is 2. The molecule has 2 aliphatic rings. The number of hydrogen-bond acceptors (Lipinski definition) is 4. The first-order valence-electron chi connectivity index (χ1n) is 9.90. The van der Waals surface area contributed by atoms with E-state index in [0.717, 1.165) is 50.6 Å².